The molecular formula is C11H20BNO5. The van der Waals surface area contributed by atoms with Crippen molar-refractivity contribution in [2.75, 3.05) is 7.11 Å². The van der Waals surface area contributed by atoms with E-state index >= 15 is 0 Å². The third kappa shape index (κ3) is 6.93. The second kappa shape index (κ2) is 7.03. The molecule has 0 radical (unpaired) electrons. The van der Waals surface area contributed by atoms with E-state index in [0.717, 1.165) is 0 Å². The summed E-state index contributed by atoms with van der Waals surface area (Å²) in [6, 6.07) is -0.905. The molecule has 1 N–H and O–H groups in total. The number of hydrogen-bond donors (Lipinski definition) is 1. The molecule has 102 valence electrons. The van der Waals surface area contributed by atoms with E-state index in [4.69, 9.17) is 4.74 Å². The lowest BCUT2D eigenvalue weighted by molar-refractivity contribution is -0.142. The molecule has 0 bridgehead atoms. The monoisotopic (exact) mass is 257 g/mol. The Morgan fingerprint density at radius 1 is 1.28 bits per heavy atom. The second-order valence-corrected chi connectivity index (χ2v) is 4.80. The molecule has 7 heteroatoms. The summed E-state index contributed by atoms with van der Waals surface area (Å²) in [5.74, 6) is -0.802. The fourth-order valence-electron chi connectivity index (χ4n) is 1.19. The summed E-state index contributed by atoms with van der Waals surface area (Å²) < 4.78 is 9.50. The van der Waals surface area contributed by atoms with Gasteiger partial charge in [-0.25, -0.2) is 4.79 Å². The molecule has 18 heavy (non-hydrogen) atoms. The van der Waals surface area contributed by atoms with Gasteiger partial charge >= 0.3 is 12.1 Å². The molecule has 0 aromatic heterocycles. The zero-order valence-electron chi connectivity index (χ0n) is 11.5. The summed E-state index contributed by atoms with van der Waals surface area (Å²) in [7, 11) is 2.88. The van der Waals surface area contributed by atoms with Crippen LogP contribution >= 0.6 is 0 Å². The van der Waals surface area contributed by atoms with Crippen LogP contribution in [0.15, 0.2) is 0 Å². The van der Waals surface area contributed by atoms with E-state index in [0.29, 0.717) is 0 Å². The first-order chi connectivity index (χ1) is 8.19. The first kappa shape index (κ1) is 16.5. The fourth-order valence-corrected chi connectivity index (χ4v) is 1.19. The minimum Gasteiger partial charge on any atom is -0.469 e. The number of ether oxygens (including phenoxy) is 2. The van der Waals surface area contributed by atoms with E-state index in [1.54, 1.807) is 28.6 Å². The number of methoxy groups -OCH3 is 1. The van der Waals surface area contributed by atoms with Crippen LogP contribution in [-0.2, 0) is 19.1 Å². The molecule has 0 rings (SSSR count). The van der Waals surface area contributed by atoms with Gasteiger partial charge in [-0.05, 0) is 27.1 Å². The van der Waals surface area contributed by atoms with E-state index in [2.05, 4.69) is 10.1 Å². The van der Waals surface area contributed by atoms with E-state index in [1.807, 2.05) is 0 Å². The van der Waals surface area contributed by atoms with E-state index < -0.39 is 23.7 Å². The quantitative estimate of drug-likeness (QED) is 0.556. The van der Waals surface area contributed by atoms with Gasteiger partial charge < -0.3 is 14.8 Å². The van der Waals surface area contributed by atoms with Crippen molar-refractivity contribution in [1.29, 1.82) is 0 Å². The second-order valence-electron chi connectivity index (χ2n) is 4.80. The molecule has 0 aromatic rings. The number of esters is 1. The van der Waals surface area contributed by atoms with Crippen LogP contribution in [0.1, 0.15) is 27.2 Å². The zero-order chi connectivity index (χ0) is 14.3. The van der Waals surface area contributed by atoms with E-state index in [1.165, 1.54) is 7.11 Å². The molecule has 0 heterocycles. The van der Waals surface area contributed by atoms with Gasteiger partial charge in [0.25, 0.3) is 0 Å². The molecule has 0 aliphatic carbocycles. The SMILES string of the molecule is BCC(=O)[C@H](CC(=O)OC)NC(=O)OC(C)(C)C. The molecule has 1 amide bonds. The molecule has 0 fully saturated rings. The first-order valence-corrected chi connectivity index (χ1v) is 5.78. The lowest BCUT2D eigenvalue weighted by Gasteiger charge is -2.22. The Bertz CT molecular complexity index is 324. The molecule has 0 aliphatic rings. The summed E-state index contributed by atoms with van der Waals surface area (Å²) in [5.41, 5.74) is -0.658. The Morgan fingerprint density at radius 2 is 1.83 bits per heavy atom. The van der Waals surface area contributed by atoms with Crippen LogP contribution in [-0.4, -0.2) is 44.4 Å². The van der Waals surface area contributed by atoms with Crippen LogP contribution in [0.5, 0.6) is 0 Å². The van der Waals surface area contributed by atoms with Gasteiger partial charge in [0, 0.05) is 0 Å². The van der Waals surface area contributed by atoms with Crippen molar-refractivity contribution in [3.05, 3.63) is 0 Å². The van der Waals surface area contributed by atoms with Gasteiger partial charge in [-0.15, -0.1) is 0 Å². The van der Waals surface area contributed by atoms with Gasteiger partial charge in [-0.1, -0.05) is 0 Å². The van der Waals surface area contributed by atoms with Gasteiger partial charge in [0.05, 0.1) is 13.5 Å². The third-order valence-corrected chi connectivity index (χ3v) is 2.03. The molecule has 0 aromatic carbocycles. The number of carbonyl (C=O) groups excluding carboxylic acids is 3. The highest BCUT2D eigenvalue weighted by atomic mass is 16.6. The number of Topliss-reactive ketones (excluding diaryl/α,β-unsaturated/α-hetero) is 1. The summed E-state index contributed by atoms with van der Waals surface area (Å²) in [6.07, 6.45) is -0.696. The maximum Gasteiger partial charge on any atom is 0.408 e. The van der Waals surface area contributed by atoms with Crippen molar-refractivity contribution >= 4 is 25.7 Å². The van der Waals surface area contributed by atoms with E-state index in [-0.39, 0.29) is 18.5 Å². The normalized spacial score (nSPS) is 12.4. The molecule has 0 unspecified atom stereocenters. The largest absolute Gasteiger partial charge is 0.469 e. The number of amides is 1. The Hall–Kier alpha value is -1.53. The highest BCUT2D eigenvalue weighted by Gasteiger charge is 2.25. The van der Waals surface area contributed by atoms with Crippen molar-refractivity contribution in [1.82, 2.24) is 5.32 Å². The zero-order valence-corrected chi connectivity index (χ0v) is 11.5. The van der Waals surface area contributed by atoms with Crippen molar-refractivity contribution < 1.29 is 23.9 Å². The minimum atomic E-state index is -0.905. The smallest absolute Gasteiger partial charge is 0.408 e. The Labute approximate surface area is 108 Å². The number of nitrogens with one attached hydrogen (secondary N) is 1. The summed E-state index contributed by atoms with van der Waals surface area (Å²) in [5, 5.41) is 2.38. The molecule has 1 atom stereocenters. The summed E-state index contributed by atoms with van der Waals surface area (Å²) >= 11 is 0. The predicted molar refractivity (Wildman–Crippen MR) is 68.1 cm³/mol. The van der Waals surface area contributed by atoms with Crippen LogP contribution in [0.3, 0.4) is 0 Å². The maximum atomic E-state index is 11.6. The van der Waals surface area contributed by atoms with Gasteiger partial charge in [0.1, 0.15) is 25.3 Å². The topological polar surface area (TPSA) is 81.7 Å². The fraction of sp³-hybridized carbons (Fsp3) is 0.727. The van der Waals surface area contributed by atoms with Crippen molar-refractivity contribution in [2.24, 2.45) is 0 Å². The maximum absolute atomic E-state index is 11.6. The average molecular weight is 257 g/mol. The van der Waals surface area contributed by atoms with Crippen molar-refractivity contribution in [3.8, 4) is 0 Å². The Kier molecular flexibility index (Phi) is 6.44. The average Bonchev–Trinajstić information content (AvgIpc) is 2.24. The molecule has 6 nitrogen and oxygen atoms in total. The van der Waals surface area contributed by atoms with Crippen LogP contribution in [0.2, 0.25) is 6.32 Å². The number of alkyl carbamates (subject to hydrolysis) is 1. The molecule has 0 spiro atoms. The van der Waals surface area contributed by atoms with Gasteiger partial charge in [-0.3, -0.25) is 9.59 Å². The molecule has 0 saturated carbocycles. The van der Waals surface area contributed by atoms with Crippen LogP contribution in [0.4, 0.5) is 4.79 Å². The lowest BCUT2D eigenvalue weighted by Crippen LogP contribution is -2.44. The number of rotatable bonds is 5. The lowest BCUT2D eigenvalue weighted by atomic mass is 9.94. The highest BCUT2D eigenvalue weighted by molar-refractivity contribution is 6.21. The van der Waals surface area contributed by atoms with Crippen LogP contribution in [0, 0.1) is 0 Å². The van der Waals surface area contributed by atoms with Crippen LogP contribution < -0.4 is 5.32 Å². The van der Waals surface area contributed by atoms with Crippen molar-refractivity contribution in [2.45, 2.75) is 45.2 Å². The number of carbonyl (C=O) groups is 3. The molecule has 0 aliphatic heterocycles. The van der Waals surface area contributed by atoms with Gasteiger partial charge in [0.15, 0.2) is 0 Å². The number of ketones is 1. The summed E-state index contributed by atoms with van der Waals surface area (Å²) in [4.78, 5) is 34.3. The Morgan fingerprint density at radius 3 is 2.22 bits per heavy atom. The van der Waals surface area contributed by atoms with Gasteiger partial charge in [0.2, 0.25) is 0 Å². The minimum absolute atomic E-state index is 0.192. The molecule has 0 saturated heterocycles. The highest BCUT2D eigenvalue weighted by Crippen LogP contribution is 2.08. The first-order valence-electron chi connectivity index (χ1n) is 5.78. The third-order valence-electron chi connectivity index (χ3n) is 2.03. The standard InChI is InChI=1S/C11H20BNO5/c1-11(2,3)18-10(16)13-7(8(14)6-12)5-9(15)17-4/h7H,5-6,12H2,1-4H3,(H,13,16)/t7-/m0/s1. The van der Waals surface area contributed by atoms with E-state index in [9.17, 15) is 14.4 Å². The van der Waals surface area contributed by atoms with Crippen LogP contribution in [0.25, 0.3) is 0 Å². The molecular weight excluding hydrogens is 237 g/mol. The summed E-state index contributed by atoms with van der Waals surface area (Å²) in [6.45, 7) is 5.14. The van der Waals surface area contributed by atoms with Gasteiger partial charge in [-0.2, -0.15) is 0 Å². The predicted octanol–water partition coefficient (Wildman–Crippen LogP) is 0.0633. The Balaban J connectivity index is 4.55. The van der Waals surface area contributed by atoms with Crippen molar-refractivity contribution in [3.63, 3.8) is 0 Å². The number of hydrogen-bond acceptors (Lipinski definition) is 5.